The van der Waals surface area contributed by atoms with E-state index in [9.17, 15) is 4.79 Å². The summed E-state index contributed by atoms with van der Waals surface area (Å²) in [7, 11) is 4.80. The number of anilines is 2. The van der Waals surface area contributed by atoms with Crippen LogP contribution in [0.15, 0.2) is 36.4 Å². The summed E-state index contributed by atoms with van der Waals surface area (Å²) in [5.41, 5.74) is 1.74. The van der Waals surface area contributed by atoms with Crippen molar-refractivity contribution >= 4 is 28.5 Å². The third-order valence-corrected chi connectivity index (χ3v) is 6.02. The van der Waals surface area contributed by atoms with Gasteiger partial charge in [-0.2, -0.15) is 4.98 Å². The summed E-state index contributed by atoms with van der Waals surface area (Å²) in [6.07, 6.45) is 1.84. The van der Waals surface area contributed by atoms with E-state index in [2.05, 4.69) is 15.2 Å². The summed E-state index contributed by atoms with van der Waals surface area (Å²) >= 11 is 0. The summed E-state index contributed by atoms with van der Waals surface area (Å²) in [4.78, 5) is 23.9. The number of carbonyl (C=O) groups excluding carboxylic acids is 1. The van der Waals surface area contributed by atoms with Gasteiger partial charge in [-0.15, -0.1) is 0 Å². The van der Waals surface area contributed by atoms with Crippen LogP contribution in [0.5, 0.6) is 17.4 Å². The number of benzene rings is 2. The maximum Gasteiger partial charge on any atom is 0.338 e. The molecule has 1 aromatic heterocycles. The summed E-state index contributed by atoms with van der Waals surface area (Å²) in [6.45, 7) is 7.19. The molecule has 192 valence electrons. The maximum absolute atomic E-state index is 12.2. The first-order valence-corrected chi connectivity index (χ1v) is 12.0. The first-order chi connectivity index (χ1) is 17.2. The summed E-state index contributed by atoms with van der Waals surface area (Å²) in [5.74, 6) is 2.03. The smallest absolute Gasteiger partial charge is 0.338 e. The van der Waals surface area contributed by atoms with Crippen LogP contribution >= 0.6 is 0 Å². The number of rotatable bonds is 7. The van der Waals surface area contributed by atoms with Gasteiger partial charge in [0.15, 0.2) is 11.5 Å². The van der Waals surface area contributed by atoms with Crippen LogP contribution in [0, 0.1) is 0 Å². The van der Waals surface area contributed by atoms with Crippen molar-refractivity contribution in [1.29, 1.82) is 0 Å². The SMILES string of the molecule is COc1cc2nc(N3CCC(Nc4ccc(C(=O)OC(C)(C)C)cc4)CC3)nc(OC)c2cc1OC. The molecule has 9 heteroatoms. The lowest BCUT2D eigenvalue weighted by atomic mass is 10.0. The number of hydrogen-bond donors (Lipinski definition) is 1. The molecule has 3 aromatic rings. The number of esters is 1. The Balaban J connectivity index is 1.42. The molecule has 36 heavy (non-hydrogen) atoms. The average molecular weight is 495 g/mol. The van der Waals surface area contributed by atoms with Crippen molar-refractivity contribution in [2.45, 2.75) is 45.3 Å². The Morgan fingerprint density at radius 2 is 1.58 bits per heavy atom. The van der Waals surface area contributed by atoms with Gasteiger partial charge in [-0.05, 0) is 63.9 Å². The predicted molar refractivity (Wildman–Crippen MR) is 140 cm³/mol. The zero-order valence-electron chi connectivity index (χ0n) is 21.8. The first kappa shape index (κ1) is 25.3. The fourth-order valence-electron chi connectivity index (χ4n) is 4.21. The Morgan fingerprint density at radius 3 is 2.17 bits per heavy atom. The minimum atomic E-state index is -0.514. The van der Waals surface area contributed by atoms with Crippen molar-refractivity contribution in [2.75, 3.05) is 44.6 Å². The zero-order chi connectivity index (χ0) is 25.9. The van der Waals surface area contributed by atoms with Gasteiger partial charge in [0.25, 0.3) is 0 Å². The van der Waals surface area contributed by atoms with E-state index in [4.69, 9.17) is 23.9 Å². The molecular formula is C27H34N4O5. The van der Waals surface area contributed by atoms with E-state index < -0.39 is 5.60 Å². The number of carbonyl (C=O) groups is 1. The number of aromatic nitrogens is 2. The molecule has 0 spiro atoms. The predicted octanol–water partition coefficient (Wildman–Crippen LogP) is 4.69. The number of hydrogen-bond acceptors (Lipinski definition) is 9. The Hall–Kier alpha value is -3.75. The van der Waals surface area contributed by atoms with E-state index in [-0.39, 0.29) is 5.97 Å². The number of piperidine rings is 1. The second kappa shape index (κ2) is 10.5. The van der Waals surface area contributed by atoms with Gasteiger partial charge in [-0.25, -0.2) is 9.78 Å². The number of methoxy groups -OCH3 is 3. The lowest BCUT2D eigenvalue weighted by Crippen LogP contribution is -2.40. The highest BCUT2D eigenvalue weighted by Crippen LogP contribution is 2.36. The minimum Gasteiger partial charge on any atom is -0.493 e. The van der Waals surface area contributed by atoms with Crippen molar-refractivity contribution in [2.24, 2.45) is 0 Å². The van der Waals surface area contributed by atoms with Crippen LogP contribution in [0.3, 0.4) is 0 Å². The monoisotopic (exact) mass is 494 g/mol. The molecule has 1 aliphatic heterocycles. The van der Waals surface area contributed by atoms with E-state index in [0.29, 0.717) is 34.9 Å². The fourth-order valence-corrected chi connectivity index (χ4v) is 4.21. The van der Waals surface area contributed by atoms with E-state index in [1.54, 1.807) is 33.5 Å². The van der Waals surface area contributed by atoms with E-state index >= 15 is 0 Å². The Morgan fingerprint density at radius 1 is 0.944 bits per heavy atom. The quantitative estimate of drug-likeness (QED) is 0.469. The molecule has 2 heterocycles. The lowest BCUT2D eigenvalue weighted by molar-refractivity contribution is 0.00695. The molecule has 1 saturated heterocycles. The molecule has 1 fully saturated rings. The van der Waals surface area contributed by atoms with Gasteiger partial charge >= 0.3 is 5.97 Å². The molecule has 1 N–H and O–H groups in total. The molecule has 0 aliphatic carbocycles. The van der Waals surface area contributed by atoms with Crippen LogP contribution in [-0.2, 0) is 4.74 Å². The minimum absolute atomic E-state index is 0.306. The zero-order valence-corrected chi connectivity index (χ0v) is 21.8. The highest BCUT2D eigenvalue weighted by Gasteiger charge is 2.23. The van der Waals surface area contributed by atoms with Crippen molar-refractivity contribution in [3.05, 3.63) is 42.0 Å². The number of nitrogens with one attached hydrogen (secondary N) is 1. The van der Waals surface area contributed by atoms with E-state index in [1.807, 2.05) is 45.0 Å². The highest BCUT2D eigenvalue weighted by molar-refractivity contribution is 5.90. The number of ether oxygens (including phenoxy) is 4. The lowest BCUT2D eigenvalue weighted by Gasteiger charge is -2.33. The molecule has 0 radical (unpaired) electrons. The van der Waals surface area contributed by atoms with Gasteiger partial charge in [0.05, 0.1) is 37.8 Å². The van der Waals surface area contributed by atoms with Gasteiger partial charge in [0.2, 0.25) is 11.8 Å². The number of fused-ring (bicyclic) bond motifs is 1. The molecule has 0 bridgehead atoms. The van der Waals surface area contributed by atoms with Crippen molar-refractivity contribution in [1.82, 2.24) is 9.97 Å². The van der Waals surface area contributed by atoms with E-state index in [1.165, 1.54) is 0 Å². The summed E-state index contributed by atoms with van der Waals surface area (Å²) < 4.78 is 21.9. The van der Waals surface area contributed by atoms with Gasteiger partial charge in [-0.1, -0.05) is 0 Å². The Bertz CT molecular complexity index is 1220. The second-order valence-corrected chi connectivity index (χ2v) is 9.74. The summed E-state index contributed by atoms with van der Waals surface area (Å²) in [6, 6.07) is 11.4. The van der Waals surface area contributed by atoms with Gasteiger partial charge in [0, 0.05) is 30.9 Å². The molecule has 2 aromatic carbocycles. The molecule has 9 nitrogen and oxygen atoms in total. The fraction of sp³-hybridized carbons (Fsp3) is 0.444. The third kappa shape index (κ3) is 5.72. The van der Waals surface area contributed by atoms with E-state index in [0.717, 1.165) is 42.5 Å². The molecule has 0 amide bonds. The number of nitrogens with zero attached hydrogens (tertiary/aromatic N) is 3. The Labute approximate surface area is 211 Å². The van der Waals surface area contributed by atoms with Crippen LogP contribution in [0.1, 0.15) is 44.0 Å². The van der Waals surface area contributed by atoms with Crippen LogP contribution in [0.2, 0.25) is 0 Å². The standard InChI is InChI=1S/C27H34N4O5/c1-27(2,3)36-25(32)17-7-9-18(10-8-17)28-19-11-13-31(14-12-19)26-29-21-16-23(34-5)22(33-4)15-20(21)24(30-26)35-6/h7-10,15-16,19,28H,11-14H2,1-6H3. The van der Waals surface area contributed by atoms with Crippen LogP contribution in [0.25, 0.3) is 10.9 Å². The molecular weight excluding hydrogens is 460 g/mol. The molecule has 1 aliphatic rings. The van der Waals surface area contributed by atoms with Gasteiger partial charge in [0.1, 0.15) is 5.60 Å². The topological polar surface area (TPSA) is 95.0 Å². The normalized spacial score (nSPS) is 14.4. The molecule has 0 atom stereocenters. The van der Waals surface area contributed by atoms with Crippen molar-refractivity contribution in [3.63, 3.8) is 0 Å². The first-order valence-electron chi connectivity index (χ1n) is 12.0. The van der Waals surface area contributed by atoms with Crippen molar-refractivity contribution < 1.29 is 23.7 Å². The molecule has 0 unspecified atom stereocenters. The molecule has 0 saturated carbocycles. The second-order valence-electron chi connectivity index (χ2n) is 9.74. The Kier molecular flexibility index (Phi) is 7.37. The van der Waals surface area contributed by atoms with Crippen molar-refractivity contribution in [3.8, 4) is 17.4 Å². The maximum atomic E-state index is 12.2. The van der Waals surface area contributed by atoms with Gasteiger partial charge < -0.3 is 29.2 Å². The third-order valence-electron chi connectivity index (χ3n) is 6.02. The highest BCUT2D eigenvalue weighted by atomic mass is 16.6. The van der Waals surface area contributed by atoms with Gasteiger partial charge in [-0.3, -0.25) is 0 Å². The van der Waals surface area contributed by atoms with Crippen LogP contribution in [0.4, 0.5) is 11.6 Å². The summed E-state index contributed by atoms with van der Waals surface area (Å²) in [5, 5.41) is 4.34. The molecule has 4 rings (SSSR count). The van der Waals surface area contributed by atoms with Crippen LogP contribution in [-0.4, -0.2) is 62.0 Å². The largest absolute Gasteiger partial charge is 0.493 e. The average Bonchev–Trinajstić information content (AvgIpc) is 2.87. The van der Waals surface area contributed by atoms with Crippen LogP contribution < -0.4 is 24.4 Å².